The molecule has 2 aromatic rings. The van der Waals surface area contributed by atoms with Gasteiger partial charge in [0.25, 0.3) is 5.91 Å². The van der Waals surface area contributed by atoms with Gasteiger partial charge in [-0.05, 0) is 36.5 Å². The van der Waals surface area contributed by atoms with Gasteiger partial charge in [-0.2, -0.15) is 5.10 Å². The molecule has 4 nitrogen and oxygen atoms in total. The summed E-state index contributed by atoms with van der Waals surface area (Å²) in [5, 5.41) is 3.49. The van der Waals surface area contributed by atoms with Crippen molar-refractivity contribution < 1.29 is 13.6 Å². The molecule has 1 unspecified atom stereocenters. The normalized spacial score (nSPS) is 17.7. The van der Waals surface area contributed by atoms with Crippen molar-refractivity contribution in [2.75, 3.05) is 13.1 Å². The molecule has 1 aliphatic rings. The molecule has 1 atom stereocenters. The highest BCUT2D eigenvalue weighted by Gasteiger charge is 2.29. The van der Waals surface area contributed by atoms with E-state index in [1.807, 2.05) is 19.4 Å². The molecule has 122 valence electrons. The van der Waals surface area contributed by atoms with E-state index in [2.05, 4.69) is 5.10 Å². The van der Waals surface area contributed by atoms with Crippen LogP contribution in [0.5, 0.6) is 0 Å². The zero-order valence-electron chi connectivity index (χ0n) is 12.6. The number of aromatic nitrogens is 2. The Labute approximate surface area is 137 Å². The van der Waals surface area contributed by atoms with Crippen molar-refractivity contribution >= 4 is 17.5 Å². The number of nitrogens with zero attached hydrogens (tertiary/aromatic N) is 3. The van der Waals surface area contributed by atoms with Gasteiger partial charge < -0.3 is 4.90 Å². The second kappa shape index (κ2) is 6.28. The maximum absolute atomic E-state index is 14.0. The van der Waals surface area contributed by atoms with Crippen LogP contribution in [0, 0.1) is 17.6 Å². The van der Waals surface area contributed by atoms with Crippen LogP contribution in [-0.2, 0) is 13.5 Å². The molecule has 1 aromatic carbocycles. The van der Waals surface area contributed by atoms with Crippen molar-refractivity contribution in [2.45, 2.75) is 12.8 Å². The molecule has 7 heteroatoms. The topological polar surface area (TPSA) is 38.1 Å². The fourth-order valence-electron chi connectivity index (χ4n) is 2.96. The van der Waals surface area contributed by atoms with Gasteiger partial charge in [0.2, 0.25) is 0 Å². The molecule has 23 heavy (non-hydrogen) atoms. The zero-order chi connectivity index (χ0) is 16.6. The Morgan fingerprint density at radius 3 is 2.91 bits per heavy atom. The number of carbonyl (C=O) groups is 1. The Bertz CT molecular complexity index is 747. The number of hydrogen-bond acceptors (Lipinski definition) is 2. The Kier molecular flexibility index (Phi) is 4.35. The van der Waals surface area contributed by atoms with Gasteiger partial charge in [0.05, 0.1) is 11.8 Å². The molecular formula is C16H16ClF2N3O. The van der Waals surface area contributed by atoms with E-state index >= 15 is 0 Å². The minimum atomic E-state index is -0.993. The second-order valence-corrected chi connectivity index (χ2v) is 6.23. The van der Waals surface area contributed by atoms with Crippen molar-refractivity contribution in [1.82, 2.24) is 14.7 Å². The summed E-state index contributed by atoms with van der Waals surface area (Å²) in [5.74, 6) is -2.00. The number of rotatable bonds is 3. The quantitative estimate of drug-likeness (QED) is 0.806. The summed E-state index contributed by atoms with van der Waals surface area (Å²) in [7, 11) is 1.86. The van der Waals surface area contributed by atoms with Crippen LogP contribution < -0.4 is 0 Å². The van der Waals surface area contributed by atoms with Crippen LogP contribution in [0.15, 0.2) is 24.5 Å². The second-order valence-electron chi connectivity index (χ2n) is 5.86. The van der Waals surface area contributed by atoms with E-state index in [9.17, 15) is 13.6 Å². The number of aryl methyl sites for hydroxylation is 1. The number of amides is 1. The first kappa shape index (κ1) is 15.9. The highest BCUT2D eigenvalue weighted by Crippen LogP contribution is 2.26. The lowest BCUT2D eigenvalue weighted by Crippen LogP contribution is -2.29. The first-order valence-electron chi connectivity index (χ1n) is 7.36. The fourth-order valence-corrected chi connectivity index (χ4v) is 3.12. The van der Waals surface area contributed by atoms with Crippen LogP contribution in [0.2, 0.25) is 5.02 Å². The third-order valence-corrected chi connectivity index (χ3v) is 4.47. The molecule has 0 bridgehead atoms. The third-order valence-electron chi connectivity index (χ3n) is 4.12. The Morgan fingerprint density at radius 1 is 1.43 bits per heavy atom. The van der Waals surface area contributed by atoms with Crippen LogP contribution >= 0.6 is 11.6 Å². The molecule has 0 radical (unpaired) electrons. The lowest BCUT2D eigenvalue weighted by molar-refractivity contribution is 0.0782. The van der Waals surface area contributed by atoms with E-state index in [-0.39, 0.29) is 5.56 Å². The molecule has 3 rings (SSSR count). The molecule has 1 saturated heterocycles. The summed E-state index contributed by atoms with van der Waals surface area (Å²) >= 11 is 5.54. The first-order valence-corrected chi connectivity index (χ1v) is 7.74. The zero-order valence-corrected chi connectivity index (χ0v) is 13.4. The molecule has 1 aliphatic heterocycles. The summed E-state index contributed by atoms with van der Waals surface area (Å²) in [5.41, 5.74) is 0.932. The van der Waals surface area contributed by atoms with Crippen LogP contribution in [0.25, 0.3) is 0 Å². The number of hydrogen-bond donors (Lipinski definition) is 0. The van der Waals surface area contributed by atoms with Gasteiger partial charge in [-0.25, -0.2) is 8.78 Å². The Morgan fingerprint density at radius 2 is 2.22 bits per heavy atom. The highest BCUT2D eigenvalue weighted by molar-refractivity contribution is 6.31. The first-order chi connectivity index (χ1) is 11.0. The number of benzene rings is 1. The van der Waals surface area contributed by atoms with Crippen LogP contribution in [0.3, 0.4) is 0 Å². The highest BCUT2D eigenvalue weighted by atomic mass is 35.5. The minimum absolute atomic E-state index is 0.182. The monoisotopic (exact) mass is 339 g/mol. The smallest absolute Gasteiger partial charge is 0.256 e. The molecule has 2 heterocycles. The Balaban J connectivity index is 1.69. The maximum atomic E-state index is 14.0. The van der Waals surface area contributed by atoms with Crippen molar-refractivity contribution in [1.29, 1.82) is 0 Å². The van der Waals surface area contributed by atoms with E-state index in [4.69, 9.17) is 11.6 Å². The van der Waals surface area contributed by atoms with Gasteiger partial charge in [0.15, 0.2) is 5.82 Å². The van der Waals surface area contributed by atoms with Gasteiger partial charge in [0.1, 0.15) is 10.8 Å². The van der Waals surface area contributed by atoms with E-state index < -0.39 is 22.6 Å². The summed E-state index contributed by atoms with van der Waals surface area (Å²) < 4.78 is 28.9. The maximum Gasteiger partial charge on any atom is 0.256 e. The Hall–Kier alpha value is -1.95. The van der Waals surface area contributed by atoms with Crippen LogP contribution in [-0.4, -0.2) is 33.7 Å². The molecule has 0 aliphatic carbocycles. The standard InChI is InChI=1S/C16H16ClF2N3O/c1-21-8-11(7-20-21)6-10-4-5-22(9-10)16(23)12-2-3-13(18)14(17)15(12)19/h2-3,7-8,10H,4-6,9H2,1H3. The predicted octanol–water partition coefficient (Wildman–Crippen LogP) is 3.06. The van der Waals surface area contributed by atoms with Gasteiger partial charge in [-0.15, -0.1) is 0 Å². The van der Waals surface area contributed by atoms with Gasteiger partial charge in [0, 0.05) is 26.3 Å². The van der Waals surface area contributed by atoms with Gasteiger partial charge >= 0.3 is 0 Å². The lowest BCUT2D eigenvalue weighted by atomic mass is 10.0. The molecule has 0 saturated carbocycles. The number of halogens is 3. The summed E-state index contributed by atoms with van der Waals surface area (Å²) in [6.45, 7) is 1.10. The van der Waals surface area contributed by atoms with Crippen molar-refractivity contribution in [3.8, 4) is 0 Å². The summed E-state index contributed by atoms with van der Waals surface area (Å²) in [4.78, 5) is 14.0. The van der Waals surface area contributed by atoms with E-state index in [1.54, 1.807) is 9.58 Å². The third kappa shape index (κ3) is 3.22. The molecule has 1 amide bonds. The molecule has 1 aromatic heterocycles. The number of likely N-dealkylation sites (tertiary alicyclic amines) is 1. The van der Waals surface area contributed by atoms with E-state index in [0.717, 1.165) is 30.5 Å². The molecular weight excluding hydrogens is 324 g/mol. The summed E-state index contributed by atoms with van der Waals surface area (Å²) in [6, 6.07) is 2.16. The van der Waals surface area contributed by atoms with E-state index in [1.165, 1.54) is 0 Å². The van der Waals surface area contributed by atoms with Crippen molar-refractivity contribution in [3.63, 3.8) is 0 Å². The lowest BCUT2D eigenvalue weighted by Gasteiger charge is -2.17. The largest absolute Gasteiger partial charge is 0.338 e. The SMILES string of the molecule is Cn1cc(CC2CCN(C(=O)c3ccc(F)c(Cl)c3F)C2)cn1. The summed E-state index contributed by atoms with van der Waals surface area (Å²) in [6.07, 6.45) is 5.43. The van der Waals surface area contributed by atoms with Crippen molar-refractivity contribution in [2.24, 2.45) is 13.0 Å². The van der Waals surface area contributed by atoms with E-state index in [0.29, 0.717) is 19.0 Å². The molecule has 1 fully saturated rings. The number of carbonyl (C=O) groups excluding carboxylic acids is 1. The fraction of sp³-hybridized carbons (Fsp3) is 0.375. The molecule has 0 N–H and O–H groups in total. The minimum Gasteiger partial charge on any atom is -0.338 e. The van der Waals surface area contributed by atoms with Gasteiger partial charge in [-0.3, -0.25) is 9.48 Å². The van der Waals surface area contributed by atoms with Crippen LogP contribution in [0.1, 0.15) is 22.3 Å². The van der Waals surface area contributed by atoms with Crippen LogP contribution in [0.4, 0.5) is 8.78 Å². The van der Waals surface area contributed by atoms with Crippen molar-refractivity contribution in [3.05, 3.63) is 52.3 Å². The predicted molar refractivity (Wildman–Crippen MR) is 82.3 cm³/mol. The average Bonchev–Trinajstić information content (AvgIpc) is 3.14. The van der Waals surface area contributed by atoms with Gasteiger partial charge in [-0.1, -0.05) is 11.6 Å². The average molecular weight is 340 g/mol. The molecule has 0 spiro atoms.